The first kappa shape index (κ1) is 17.9. The molecule has 1 aliphatic carbocycles. The van der Waals surface area contributed by atoms with E-state index in [0.29, 0.717) is 18.2 Å². The molecule has 6 heteroatoms. The molecule has 5 nitrogen and oxygen atoms in total. The third-order valence-electron chi connectivity index (χ3n) is 5.14. The van der Waals surface area contributed by atoms with E-state index in [9.17, 15) is 9.18 Å². The molecule has 0 spiro atoms. The van der Waals surface area contributed by atoms with Crippen molar-refractivity contribution in [3.05, 3.63) is 59.5 Å². The van der Waals surface area contributed by atoms with Gasteiger partial charge in [-0.1, -0.05) is 18.2 Å². The molecule has 2 aromatic rings. The zero-order valence-electron chi connectivity index (χ0n) is 15.3. The lowest BCUT2D eigenvalue weighted by Crippen LogP contribution is -2.41. The number of nitrogens with one attached hydrogen (secondary N) is 2. The number of carbonyl (C=O) groups excluding carboxylic acids is 1. The van der Waals surface area contributed by atoms with Crippen LogP contribution in [0.15, 0.2) is 42.6 Å². The van der Waals surface area contributed by atoms with Crippen molar-refractivity contribution >= 4 is 11.7 Å². The topological polar surface area (TPSA) is 57.3 Å². The van der Waals surface area contributed by atoms with Crippen LogP contribution in [0.4, 0.5) is 10.2 Å². The van der Waals surface area contributed by atoms with Crippen LogP contribution in [0.3, 0.4) is 0 Å². The Bertz CT molecular complexity index is 808. The van der Waals surface area contributed by atoms with Gasteiger partial charge in [-0.2, -0.15) is 0 Å². The normalized spacial score (nSPS) is 20.3. The van der Waals surface area contributed by atoms with E-state index in [0.717, 1.165) is 50.2 Å². The number of rotatable bonds is 6. The molecule has 1 atom stereocenters. The first-order valence-corrected chi connectivity index (χ1v) is 9.66. The number of halogens is 1. The van der Waals surface area contributed by atoms with Gasteiger partial charge in [-0.3, -0.25) is 9.69 Å². The quantitative estimate of drug-likeness (QED) is 0.822. The van der Waals surface area contributed by atoms with Crippen LogP contribution in [0.1, 0.15) is 41.6 Å². The van der Waals surface area contributed by atoms with E-state index in [1.54, 1.807) is 18.3 Å². The zero-order chi connectivity index (χ0) is 18.6. The van der Waals surface area contributed by atoms with Gasteiger partial charge in [0.1, 0.15) is 11.6 Å². The molecule has 1 aliphatic heterocycles. The summed E-state index contributed by atoms with van der Waals surface area (Å²) in [5, 5.41) is 6.45. The van der Waals surface area contributed by atoms with E-state index in [-0.39, 0.29) is 17.8 Å². The zero-order valence-corrected chi connectivity index (χ0v) is 15.3. The Kier molecular flexibility index (Phi) is 5.34. The van der Waals surface area contributed by atoms with Crippen LogP contribution < -0.4 is 10.6 Å². The molecule has 0 radical (unpaired) electrons. The molecular formula is C21H25FN4O. The maximum Gasteiger partial charge on any atom is 0.251 e. The number of benzene rings is 1. The van der Waals surface area contributed by atoms with Gasteiger partial charge in [0.2, 0.25) is 0 Å². The minimum absolute atomic E-state index is 0.0345. The molecule has 1 amide bonds. The minimum atomic E-state index is -0.149. The molecule has 1 saturated carbocycles. The monoisotopic (exact) mass is 368 g/mol. The van der Waals surface area contributed by atoms with Crippen LogP contribution in [0.5, 0.6) is 0 Å². The summed E-state index contributed by atoms with van der Waals surface area (Å²) in [6.07, 6.45) is 5.90. The lowest BCUT2D eigenvalue weighted by atomic mass is 10.0. The van der Waals surface area contributed by atoms with Gasteiger partial charge < -0.3 is 10.6 Å². The van der Waals surface area contributed by atoms with Gasteiger partial charge in [-0.05, 0) is 50.4 Å². The Hall–Kier alpha value is -2.47. The van der Waals surface area contributed by atoms with E-state index in [1.807, 2.05) is 18.2 Å². The third-order valence-corrected chi connectivity index (χ3v) is 5.14. The van der Waals surface area contributed by atoms with Crippen molar-refractivity contribution in [2.24, 2.45) is 0 Å². The summed E-state index contributed by atoms with van der Waals surface area (Å²) in [4.78, 5) is 18.8. The fourth-order valence-corrected chi connectivity index (χ4v) is 3.54. The summed E-state index contributed by atoms with van der Waals surface area (Å²) >= 11 is 0. The number of hydrogen-bond donors (Lipinski definition) is 2. The fraction of sp³-hybridized carbons (Fsp3) is 0.429. The molecule has 27 heavy (non-hydrogen) atoms. The number of anilines is 1. The van der Waals surface area contributed by atoms with Gasteiger partial charge in [-0.25, -0.2) is 9.37 Å². The molecular weight excluding hydrogens is 343 g/mol. The molecule has 2 aliphatic rings. The summed E-state index contributed by atoms with van der Waals surface area (Å²) in [5.74, 6) is 0.535. The molecule has 0 unspecified atom stereocenters. The van der Waals surface area contributed by atoms with Gasteiger partial charge in [0.15, 0.2) is 0 Å². The minimum Gasteiger partial charge on any atom is -0.366 e. The number of piperidine rings is 1. The van der Waals surface area contributed by atoms with Gasteiger partial charge in [-0.15, -0.1) is 0 Å². The predicted octanol–water partition coefficient (Wildman–Crippen LogP) is 3.19. The van der Waals surface area contributed by atoms with Crippen molar-refractivity contribution in [1.29, 1.82) is 0 Å². The summed E-state index contributed by atoms with van der Waals surface area (Å²) < 4.78 is 13.9. The van der Waals surface area contributed by atoms with Crippen molar-refractivity contribution in [2.75, 3.05) is 18.4 Å². The second-order valence-corrected chi connectivity index (χ2v) is 7.49. The van der Waals surface area contributed by atoms with E-state index >= 15 is 0 Å². The summed E-state index contributed by atoms with van der Waals surface area (Å²) in [5.41, 5.74) is 1.37. The maximum atomic E-state index is 13.9. The number of carbonyl (C=O) groups is 1. The Labute approximate surface area is 159 Å². The van der Waals surface area contributed by atoms with E-state index < -0.39 is 0 Å². The Morgan fingerprint density at radius 2 is 2.04 bits per heavy atom. The Morgan fingerprint density at radius 1 is 1.19 bits per heavy atom. The summed E-state index contributed by atoms with van der Waals surface area (Å²) in [7, 11) is 0. The summed E-state index contributed by atoms with van der Waals surface area (Å²) in [6.45, 7) is 2.40. The number of hydrogen-bond acceptors (Lipinski definition) is 4. The van der Waals surface area contributed by atoms with Crippen LogP contribution >= 0.6 is 0 Å². The average Bonchev–Trinajstić information content (AvgIpc) is 3.48. The van der Waals surface area contributed by atoms with Crippen LogP contribution in [-0.2, 0) is 6.54 Å². The number of pyridine rings is 1. The highest BCUT2D eigenvalue weighted by Crippen LogP contribution is 2.21. The van der Waals surface area contributed by atoms with Crippen LogP contribution in [0, 0.1) is 5.82 Å². The number of aromatic nitrogens is 1. The van der Waals surface area contributed by atoms with Gasteiger partial charge in [0.05, 0.1) is 0 Å². The lowest BCUT2D eigenvalue weighted by molar-refractivity contribution is 0.0951. The molecule has 2 fully saturated rings. The first-order valence-electron chi connectivity index (χ1n) is 9.66. The lowest BCUT2D eigenvalue weighted by Gasteiger charge is -2.33. The molecule has 2 N–H and O–H groups in total. The highest BCUT2D eigenvalue weighted by atomic mass is 19.1. The van der Waals surface area contributed by atoms with Crippen LogP contribution in [0.2, 0.25) is 0 Å². The second-order valence-electron chi connectivity index (χ2n) is 7.49. The molecule has 1 aromatic carbocycles. The summed E-state index contributed by atoms with van der Waals surface area (Å²) in [6, 6.07) is 11.1. The Morgan fingerprint density at radius 3 is 2.85 bits per heavy atom. The second kappa shape index (κ2) is 8.05. The van der Waals surface area contributed by atoms with Crippen molar-refractivity contribution < 1.29 is 9.18 Å². The molecule has 1 saturated heterocycles. The standard InChI is InChI=1S/C21H25FN4O/c22-19-6-2-1-4-16(19)13-26-11-3-5-18(14-26)24-20-12-15(9-10-23-20)21(27)25-17-7-8-17/h1-2,4,6,9-10,12,17-18H,3,5,7-8,11,13-14H2,(H,23,24)(H,25,27)/t18-/m1/s1. The number of nitrogens with zero attached hydrogens (tertiary/aromatic N) is 2. The maximum absolute atomic E-state index is 13.9. The largest absolute Gasteiger partial charge is 0.366 e. The highest BCUT2D eigenvalue weighted by Gasteiger charge is 2.24. The molecule has 2 heterocycles. The predicted molar refractivity (Wildman–Crippen MR) is 103 cm³/mol. The SMILES string of the molecule is O=C(NC1CC1)c1ccnc(N[C@@H]2CCCN(Cc3ccccc3F)C2)c1. The van der Waals surface area contributed by atoms with E-state index in [4.69, 9.17) is 0 Å². The smallest absolute Gasteiger partial charge is 0.251 e. The third kappa shape index (κ3) is 4.83. The highest BCUT2D eigenvalue weighted by molar-refractivity contribution is 5.95. The van der Waals surface area contributed by atoms with Crippen molar-refractivity contribution in [2.45, 2.75) is 44.3 Å². The fourth-order valence-electron chi connectivity index (χ4n) is 3.54. The van der Waals surface area contributed by atoms with Crippen LogP contribution in [0.25, 0.3) is 0 Å². The number of likely N-dealkylation sites (tertiary alicyclic amines) is 1. The molecule has 0 bridgehead atoms. The van der Waals surface area contributed by atoms with E-state index in [1.165, 1.54) is 6.07 Å². The average molecular weight is 368 g/mol. The number of amides is 1. The molecule has 1 aromatic heterocycles. The van der Waals surface area contributed by atoms with Crippen molar-refractivity contribution in [3.8, 4) is 0 Å². The Balaban J connectivity index is 1.36. The molecule has 142 valence electrons. The molecule has 4 rings (SSSR count). The van der Waals surface area contributed by atoms with Crippen LogP contribution in [-0.4, -0.2) is 41.0 Å². The first-order chi connectivity index (χ1) is 13.2. The van der Waals surface area contributed by atoms with Gasteiger partial charge in [0, 0.05) is 42.5 Å². The van der Waals surface area contributed by atoms with Crippen molar-refractivity contribution in [1.82, 2.24) is 15.2 Å². The van der Waals surface area contributed by atoms with Crippen molar-refractivity contribution in [3.63, 3.8) is 0 Å². The van der Waals surface area contributed by atoms with Gasteiger partial charge in [0.25, 0.3) is 5.91 Å². The van der Waals surface area contributed by atoms with E-state index in [2.05, 4.69) is 20.5 Å². The van der Waals surface area contributed by atoms with Gasteiger partial charge >= 0.3 is 0 Å².